The number of unbranched alkanes of at least 4 members (excludes halogenated alkanes) is 2. The zero-order valence-corrected chi connectivity index (χ0v) is 7.97. The average Bonchev–Trinajstić information content (AvgIpc) is 2.60. The summed E-state index contributed by atoms with van der Waals surface area (Å²) in [7, 11) is 0. The van der Waals surface area contributed by atoms with Crippen LogP contribution in [-0.2, 0) is 0 Å². The minimum absolute atomic E-state index is 0.636. The summed E-state index contributed by atoms with van der Waals surface area (Å²) in [5.41, 5.74) is 1.54. The number of hydrogen-bond acceptors (Lipinski definition) is 2. The number of aromatic amines is 1. The van der Waals surface area contributed by atoms with Crippen LogP contribution in [0.25, 0.3) is 0 Å². The molecule has 3 heteroatoms. The summed E-state index contributed by atoms with van der Waals surface area (Å²) < 4.78 is 0. The highest BCUT2D eigenvalue weighted by Gasteiger charge is 1.99. The van der Waals surface area contributed by atoms with E-state index < -0.39 is 0 Å². The van der Waals surface area contributed by atoms with E-state index in [0.717, 1.165) is 24.9 Å². The molecule has 2 N–H and O–H groups in total. The smallest absolute Gasteiger partial charge is 0.168 e. The normalized spacial score (nSPS) is 9.92. The Labute approximate surface area is 78.5 Å². The molecule has 3 nitrogen and oxygen atoms in total. The zero-order chi connectivity index (χ0) is 9.52. The molecule has 0 aliphatic heterocycles. The van der Waals surface area contributed by atoms with Gasteiger partial charge in [0.05, 0.1) is 5.69 Å². The Morgan fingerprint density at radius 2 is 2.38 bits per heavy atom. The first-order chi connectivity index (χ1) is 6.38. The van der Waals surface area contributed by atoms with Crippen LogP contribution in [0.3, 0.4) is 0 Å². The molecular formula is C10H16N2O. The van der Waals surface area contributed by atoms with Crippen molar-refractivity contribution in [2.24, 2.45) is 0 Å². The number of H-pyrrole nitrogens is 1. The van der Waals surface area contributed by atoms with Crippen LogP contribution >= 0.6 is 0 Å². The van der Waals surface area contributed by atoms with Crippen molar-refractivity contribution in [2.75, 3.05) is 11.9 Å². The molecule has 1 aromatic heterocycles. The van der Waals surface area contributed by atoms with E-state index in [2.05, 4.69) is 17.2 Å². The third-order valence-corrected chi connectivity index (χ3v) is 1.99. The second-order valence-corrected chi connectivity index (χ2v) is 3.06. The molecule has 1 heterocycles. The van der Waals surface area contributed by atoms with Gasteiger partial charge in [0.1, 0.15) is 5.69 Å². The van der Waals surface area contributed by atoms with Crippen molar-refractivity contribution in [3.8, 4) is 0 Å². The van der Waals surface area contributed by atoms with Crippen LogP contribution in [0.5, 0.6) is 0 Å². The van der Waals surface area contributed by atoms with Crippen molar-refractivity contribution >= 4 is 12.0 Å². The first-order valence-corrected chi connectivity index (χ1v) is 4.75. The summed E-state index contributed by atoms with van der Waals surface area (Å²) in [6, 6.07) is 1.88. The maximum Gasteiger partial charge on any atom is 0.168 e. The summed E-state index contributed by atoms with van der Waals surface area (Å²) in [5.74, 6) is 0. The molecule has 0 aliphatic rings. The van der Waals surface area contributed by atoms with Crippen LogP contribution in [0.4, 0.5) is 5.69 Å². The highest BCUT2D eigenvalue weighted by Crippen LogP contribution is 2.10. The summed E-state index contributed by atoms with van der Waals surface area (Å²) in [6.07, 6.45) is 6.21. The molecule has 0 bridgehead atoms. The monoisotopic (exact) mass is 180 g/mol. The van der Waals surface area contributed by atoms with E-state index in [1.165, 1.54) is 12.8 Å². The summed E-state index contributed by atoms with van der Waals surface area (Å²) in [6.45, 7) is 3.11. The van der Waals surface area contributed by atoms with Gasteiger partial charge in [0.25, 0.3) is 0 Å². The second kappa shape index (κ2) is 5.41. The molecule has 0 aliphatic carbocycles. The number of anilines is 1. The lowest BCUT2D eigenvalue weighted by atomic mass is 10.2. The fourth-order valence-corrected chi connectivity index (χ4v) is 1.23. The number of nitrogens with one attached hydrogen (secondary N) is 2. The Morgan fingerprint density at radius 1 is 1.54 bits per heavy atom. The Bertz CT molecular complexity index is 255. The van der Waals surface area contributed by atoms with Gasteiger partial charge >= 0.3 is 0 Å². The number of hydrogen-bond donors (Lipinski definition) is 2. The van der Waals surface area contributed by atoms with Gasteiger partial charge in [-0.25, -0.2) is 0 Å². The van der Waals surface area contributed by atoms with Gasteiger partial charge < -0.3 is 10.3 Å². The van der Waals surface area contributed by atoms with Crippen LogP contribution in [0, 0.1) is 0 Å². The molecule has 0 spiro atoms. The van der Waals surface area contributed by atoms with E-state index in [0.29, 0.717) is 5.69 Å². The summed E-state index contributed by atoms with van der Waals surface area (Å²) >= 11 is 0. The number of aromatic nitrogens is 1. The maximum atomic E-state index is 10.5. The van der Waals surface area contributed by atoms with Gasteiger partial charge in [0.15, 0.2) is 6.29 Å². The zero-order valence-electron chi connectivity index (χ0n) is 7.97. The van der Waals surface area contributed by atoms with Crippen molar-refractivity contribution < 1.29 is 4.79 Å². The quantitative estimate of drug-likeness (QED) is 0.521. The molecule has 0 saturated carbocycles. The van der Waals surface area contributed by atoms with Gasteiger partial charge in [0.2, 0.25) is 0 Å². The molecule has 1 aromatic rings. The number of carbonyl (C=O) groups is 1. The Kier molecular flexibility index (Phi) is 4.09. The van der Waals surface area contributed by atoms with Gasteiger partial charge in [-0.2, -0.15) is 0 Å². The predicted molar refractivity (Wildman–Crippen MR) is 54.2 cm³/mol. The lowest BCUT2D eigenvalue weighted by molar-refractivity contribution is 0.112. The fraction of sp³-hybridized carbons (Fsp3) is 0.500. The van der Waals surface area contributed by atoms with Crippen LogP contribution in [0.1, 0.15) is 36.7 Å². The molecule has 13 heavy (non-hydrogen) atoms. The van der Waals surface area contributed by atoms with E-state index in [-0.39, 0.29) is 0 Å². The van der Waals surface area contributed by atoms with E-state index >= 15 is 0 Å². The molecule has 0 radical (unpaired) electrons. The van der Waals surface area contributed by atoms with Crippen molar-refractivity contribution in [1.82, 2.24) is 4.98 Å². The Balaban J connectivity index is 2.31. The second-order valence-electron chi connectivity index (χ2n) is 3.06. The third-order valence-electron chi connectivity index (χ3n) is 1.99. The minimum atomic E-state index is 0.636. The molecule has 0 amide bonds. The van der Waals surface area contributed by atoms with Gasteiger partial charge in [-0.15, -0.1) is 0 Å². The molecule has 0 fully saturated rings. The Hall–Kier alpha value is -1.25. The van der Waals surface area contributed by atoms with Gasteiger partial charge in [-0.05, 0) is 12.5 Å². The van der Waals surface area contributed by atoms with Gasteiger partial charge in [0, 0.05) is 12.7 Å². The molecule has 0 aromatic carbocycles. The molecule has 0 saturated heterocycles. The standard InChI is InChI=1S/C10H16N2O/c1-2-3-4-6-11-9-5-7-12-10(9)8-13/h5,7-8,11-12H,2-4,6H2,1H3. The molecule has 0 unspecified atom stereocenters. The van der Waals surface area contributed by atoms with Gasteiger partial charge in [-0.3, -0.25) is 4.79 Å². The van der Waals surface area contributed by atoms with Crippen LogP contribution in [0.2, 0.25) is 0 Å². The first kappa shape index (κ1) is 9.84. The van der Waals surface area contributed by atoms with Crippen LogP contribution in [-0.4, -0.2) is 17.8 Å². The van der Waals surface area contributed by atoms with E-state index in [9.17, 15) is 4.79 Å². The minimum Gasteiger partial charge on any atom is -0.383 e. The number of aldehydes is 1. The van der Waals surface area contributed by atoms with Crippen LogP contribution in [0.15, 0.2) is 12.3 Å². The number of rotatable bonds is 6. The fourth-order valence-electron chi connectivity index (χ4n) is 1.23. The largest absolute Gasteiger partial charge is 0.383 e. The third kappa shape index (κ3) is 2.93. The lowest BCUT2D eigenvalue weighted by Crippen LogP contribution is -2.02. The molecular weight excluding hydrogens is 164 g/mol. The highest BCUT2D eigenvalue weighted by atomic mass is 16.1. The molecule has 72 valence electrons. The van der Waals surface area contributed by atoms with E-state index in [4.69, 9.17) is 0 Å². The SMILES string of the molecule is CCCCCNc1cc[nH]c1C=O. The maximum absolute atomic E-state index is 10.5. The average molecular weight is 180 g/mol. The summed E-state index contributed by atoms with van der Waals surface area (Å²) in [4.78, 5) is 13.4. The first-order valence-electron chi connectivity index (χ1n) is 4.75. The van der Waals surface area contributed by atoms with Crippen molar-refractivity contribution in [2.45, 2.75) is 26.2 Å². The molecule has 0 atom stereocenters. The van der Waals surface area contributed by atoms with Crippen LogP contribution < -0.4 is 5.32 Å². The lowest BCUT2D eigenvalue weighted by Gasteiger charge is -2.03. The number of carbonyl (C=O) groups excluding carboxylic acids is 1. The topological polar surface area (TPSA) is 44.9 Å². The van der Waals surface area contributed by atoms with E-state index in [1.807, 2.05) is 6.07 Å². The van der Waals surface area contributed by atoms with Crippen molar-refractivity contribution in [3.05, 3.63) is 18.0 Å². The highest BCUT2D eigenvalue weighted by molar-refractivity contribution is 5.81. The van der Waals surface area contributed by atoms with Gasteiger partial charge in [-0.1, -0.05) is 19.8 Å². The van der Waals surface area contributed by atoms with E-state index in [1.54, 1.807) is 6.20 Å². The van der Waals surface area contributed by atoms with Crippen molar-refractivity contribution in [1.29, 1.82) is 0 Å². The van der Waals surface area contributed by atoms with Crippen molar-refractivity contribution in [3.63, 3.8) is 0 Å². The predicted octanol–water partition coefficient (Wildman–Crippen LogP) is 2.43. The Morgan fingerprint density at radius 3 is 3.08 bits per heavy atom. The summed E-state index contributed by atoms with van der Waals surface area (Å²) in [5, 5.41) is 3.22. The molecule has 1 rings (SSSR count).